The SMILES string of the molecule is FC(F)(F)c1ccc(NC[C@@H]2C[C@H]3C[C@H]3CN2)nc1. The minimum Gasteiger partial charge on any atom is -0.369 e. The van der Waals surface area contributed by atoms with Crippen LogP contribution in [-0.4, -0.2) is 24.1 Å². The second-order valence-corrected chi connectivity index (χ2v) is 5.41. The zero-order chi connectivity index (χ0) is 13.5. The molecule has 3 nitrogen and oxygen atoms in total. The van der Waals surface area contributed by atoms with E-state index in [0.717, 1.165) is 37.1 Å². The Morgan fingerprint density at radius 1 is 1.26 bits per heavy atom. The summed E-state index contributed by atoms with van der Waals surface area (Å²) in [6, 6.07) is 2.83. The van der Waals surface area contributed by atoms with E-state index in [4.69, 9.17) is 0 Å². The molecule has 104 valence electrons. The van der Waals surface area contributed by atoms with Crippen molar-refractivity contribution in [2.45, 2.75) is 25.1 Å². The van der Waals surface area contributed by atoms with Gasteiger partial charge in [0, 0.05) is 18.8 Å². The van der Waals surface area contributed by atoms with Gasteiger partial charge in [-0.15, -0.1) is 0 Å². The summed E-state index contributed by atoms with van der Waals surface area (Å²) in [5, 5.41) is 6.54. The third-order valence-corrected chi connectivity index (χ3v) is 3.95. The Bertz CT molecular complexity index is 443. The molecule has 1 aliphatic carbocycles. The lowest BCUT2D eigenvalue weighted by atomic mass is 10.1. The Balaban J connectivity index is 1.52. The first kappa shape index (κ1) is 12.7. The third kappa shape index (κ3) is 3.00. The standard InChI is InChI=1S/C13H16F3N3/c14-13(15,16)10-1-2-12(18-6-10)19-7-11-4-8-3-9(8)5-17-11/h1-2,6,8-9,11,17H,3-5,7H2,(H,18,19)/t8-,9+,11+/m1/s1. The monoisotopic (exact) mass is 271 g/mol. The number of rotatable bonds is 3. The fourth-order valence-electron chi connectivity index (χ4n) is 2.67. The second-order valence-electron chi connectivity index (χ2n) is 5.41. The van der Waals surface area contributed by atoms with E-state index in [1.54, 1.807) is 0 Å². The van der Waals surface area contributed by atoms with Gasteiger partial charge in [-0.2, -0.15) is 13.2 Å². The van der Waals surface area contributed by atoms with Crippen LogP contribution in [0.25, 0.3) is 0 Å². The van der Waals surface area contributed by atoms with E-state index in [2.05, 4.69) is 15.6 Å². The van der Waals surface area contributed by atoms with E-state index in [0.29, 0.717) is 18.4 Å². The van der Waals surface area contributed by atoms with Crippen molar-refractivity contribution in [2.75, 3.05) is 18.4 Å². The molecule has 0 amide bonds. The van der Waals surface area contributed by atoms with Crippen LogP contribution in [0.5, 0.6) is 0 Å². The molecule has 0 radical (unpaired) electrons. The molecule has 19 heavy (non-hydrogen) atoms. The summed E-state index contributed by atoms with van der Waals surface area (Å²) < 4.78 is 37.1. The minimum atomic E-state index is -4.32. The van der Waals surface area contributed by atoms with Crippen molar-refractivity contribution in [3.8, 4) is 0 Å². The number of fused-ring (bicyclic) bond motifs is 1. The van der Waals surface area contributed by atoms with Gasteiger partial charge in [0.1, 0.15) is 5.82 Å². The zero-order valence-electron chi connectivity index (χ0n) is 10.4. The topological polar surface area (TPSA) is 37.0 Å². The molecule has 3 rings (SSSR count). The Hall–Kier alpha value is -1.30. The molecule has 1 aromatic rings. The van der Waals surface area contributed by atoms with Crippen molar-refractivity contribution in [1.29, 1.82) is 0 Å². The zero-order valence-corrected chi connectivity index (χ0v) is 10.4. The molecule has 6 heteroatoms. The van der Waals surface area contributed by atoms with E-state index in [9.17, 15) is 13.2 Å². The lowest BCUT2D eigenvalue weighted by Crippen LogP contribution is -2.40. The average molecular weight is 271 g/mol. The van der Waals surface area contributed by atoms with E-state index in [1.807, 2.05) is 0 Å². The van der Waals surface area contributed by atoms with E-state index in [-0.39, 0.29) is 0 Å². The Morgan fingerprint density at radius 3 is 2.74 bits per heavy atom. The maximum atomic E-state index is 12.4. The molecule has 2 heterocycles. The van der Waals surface area contributed by atoms with Crippen LogP contribution in [0, 0.1) is 11.8 Å². The number of pyridine rings is 1. The van der Waals surface area contributed by atoms with Gasteiger partial charge >= 0.3 is 6.18 Å². The number of aromatic nitrogens is 1. The van der Waals surface area contributed by atoms with Crippen LogP contribution in [0.1, 0.15) is 18.4 Å². The van der Waals surface area contributed by atoms with Crippen molar-refractivity contribution >= 4 is 5.82 Å². The largest absolute Gasteiger partial charge is 0.417 e. The number of alkyl halides is 3. The maximum Gasteiger partial charge on any atom is 0.417 e. The lowest BCUT2D eigenvalue weighted by molar-refractivity contribution is -0.137. The normalized spacial score (nSPS) is 29.7. The molecule has 1 aromatic heterocycles. The highest BCUT2D eigenvalue weighted by atomic mass is 19.4. The van der Waals surface area contributed by atoms with E-state index < -0.39 is 11.7 Å². The molecule has 1 saturated carbocycles. The van der Waals surface area contributed by atoms with Crippen molar-refractivity contribution in [2.24, 2.45) is 11.8 Å². The summed E-state index contributed by atoms with van der Waals surface area (Å²) in [5.41, 5.74) is -0.713. The van der Waals surface area contributed by atoms with Crippen LogP contribution in [0.15, 0.2) is 18.3 Å². The third-order valence-electron chi connectivity index (χ3n) is 3.95. The molecule has 0 unspecified atom stereocenters. The molecule has 0 aromatic carbocycles. The van der Waals surface area contributed by atoms with Crippen LogP contribution < -0.4 is 10.6 Å². The van der Waals surface area contributed by atoms with E-state index in [1.165, 1.54) is 12.5 Å². The molecule has 2 N–H and O–H groups in total. The smallest absolute Gasteiger partial charge is 0.369 e. The molecule has 3 atom stereocenters. The summed E-state index contributed by atoms with van der Waals surface area (Å²) in [7, 11) is 0. The number of piperidine rings is 1. The summed E-state index contributed by atoms with van der Waals surface area (Å²) in [6.07, 6.45) is -0.981. The highest BCUT2D eigenvalue weighted by Crippen LogP contribution is 2.44. The second kappa shape index (κ2) is 4.67. The first-order chi connectivity index (χ1) is 9.02. The van der Waals surface area contributed by atoms with Crippen LogP contribution in [0.2, 0.25) is 0 Å². The number of nitrogens with one attached hydrogen (secondary N) is 2. The molecule has 0 spiro atoms. The highest BCUT2D eigenvalue weighted by molar-refractivity contribution is 5.36. The predicted molar refractivity (Wildman–Crippen MR) is 65.7 cm³/mol. The number of anilines is 1. The van der Waals surface area contributed by atoms with Crippen molar-refractivity contribution in [3.05, 3.63) is 23.9 Å². The van der Waals surface area contributed by atoms with Gasteiger partial charge in [0.15, 0.2) is 0 Å². The van der Waals surface area contributed by atoms with Crippen LogP contribution in [0.3, 0.4) is 0 Å². The summed E-state index contributed by atoms with van der Waals surface area (Å²) >= 11 is 0. The number of hydrogen-bond acceptors (Lipinski definition) is 3. The maximum absolute atomic E-state index is 12.4. The number of halogens is 3. The number of nitrogens with zero attached hydrogens (tertiary/aromatic N) is 1. The van der Waals surface area contributed by atoms with Gasteiger partial charge in [0.05, 0.1) is 5.56 Å². The predicted octanol–water partition coefficient (Wildman–Crippen LogP) is 2.51. The van der Waals surface area contributed by atoms with E-state index >= 15 is 0 Å². The van der Waals surface area contributed by atoms with Gasteiger partial charge in [-0.3, -0.25) is 0 Å². The molecule has 0 bridgehead atoms. The average Bonchev–Trinajstić information content (AvgIpc) is 3.14. The molecule has 2 aliphatic rings. The van der Waals surface area contributed by atoms with Crippen molar-refractivity contribution < 1.29 is 13.2 Å². The van der Waals surface area contributed by atoms with Crippen LogP contribution in [0.4, 0.5) is 19.0 Å². The van der Waals surface area contributed by atoms with Gasteiger partial charge in [-0.1, -0.05) is 0 Å². The molecule has 2 fully saturated rings. The Kier molecular flexibility index (Phi) is 3.12. The molecule has 1 saturated heterocycles. The summed E-state index contributed by atoms with van der Waals surface area (Å²) in [4.78, 5) is 3.80. The Labute approximate surface area is 109 Å². The fraction of sp³-hybridized carbons (Fsp3) is 0.615. The first-order valence-corrected chi connectivity index (χ1v) is 6.53. The quantitative estimate of drug-likeness (QED) is 0.887. The number of hydrogen-bond donors (Lipinski definition) is 2. The van der Waals surface area contributed by atoms with Gasteiger partial charge in [-0.05, 0) is 43.4 Å². The molecular weight excluding hydrogens is 255 g/mol. The van der Waals surface area contributed by atoms with Gasteiger partial charge < -0.3 is 10.6 Å². The minimum absolute atomic E-state index is 0.396. The molecular formula is C13H16F3N3. The Morgan fingerprint density at radius 2 is 2.11 bits per heavy atom. The van der Waals surface area contributed by atoms with Crippen LogP contribution >= 0.6 is 0 Å². The van der Waals surface area contributed by atoms with Gasteiger partial charge in [0.2, 0.25) is 0 Å². The van der Waals surface area contributed by atoms with Gasteiger partial charge in [-0.25, -0.2) is 4.98 Å². The molecule has 1 aliphatic heterocycles. The summed E-state index contributed by atoms with van der Waals surface area (Å²) in [5.74, 6) is 2.21. The summed E-state index contributed by atoms with van der Waals surface area (Å²) in [6.45, 7) is 1.78. The first-order valence-electron chi connectivity index (χ1n) is 6.53. The lowest BCUT2D eigenvalue weighted by Gasteiger charge is -2.23. The van der Waals surface area contributed by atoms with Crippen molar-refractivity contribution in [3.63, 3.8) is 0 Å². The fourth-order valence-corrected chi connectivity index (χ4v) is 2.67. The van der Waals surface area contributed by atoms with Gasteiger partial charge in [0.25, 0.3) is 0 Å². The van der Waals surface area contributed by atoms with Crippen LogP contribution in [-0.2, 0) is 6.18 Å². The van der Waals surface area contributed by atoms with Crippen molar-refractivity contribution in [1.82, 2.24) is 10.3 Å². The highest BCUT2D eigenvalue weighted by Gasteiger charge is 2.41.